The van der Waals surface area contributed by atoms with Crippen LogP contribution in [-0.4, -0.2) is 0 Å². The molecule has 0 aromatic heterocycles. The van der Waals surface area contributed by atoms with E-state index < -0.39 is 0 Å². The van der Waals surface area contributed by atoms with Crippen molar-refractivity contribution in [1.82, 2.24) is 0 Å². The summed E-state index contributed by atoms with van der Waals surface area (Å²) in [5.74, 6) is 2.03. The Labute approximate surface area is 142 Å². The van der Waals surface area contributed by atoms with Crippen molar-refractivity contribution in [1.29, 1.82) is 0 Å². The zero-order valence-corrected chi connectivity index (χ0v) is 16.5. The zero-order chi connectivity index (χ0) is 16.5. The Morgan fingerprint density at radius 1 is 0.455 bits per heavy atom. The maximum atomic E-state index is 2.42. The van der Waals surface area contributed by atoms with E-state index in [1.54, 1.807) is 0 Å². The molecule has 0 aliphatic carbocycles. The highest BCUT2D eigenvalue weighted by atomic mass is 14.2. The van der Waals surface area contributed by atoms with Crippen LogP contribution in [0.4, 0.5) is 0 Å². The van der Waals surface area contributed by atoms with Crippen LogP contribution in [0, 0.1) is 11.8 Å². The molecule has 0 aromatic carbocycles. The van der Waals surface area contributed by atoms with Gasteiger partial charge in [-0.15, -0.1) is 0 Å². The Kier molecular flexibility index (Phi) is 17.4. The molecule has 0 heterocycles. The summed E-state index contributed by atoms with van der Waals surface area (Å²) in [6.07, 6.45) is 23.2. The molecule has 2 unspecified atom stereocenters. The molecule has 0 spiro atoms. The van der Waals surface area contributed by atoms with E-state index in [0.29, 0.717) is 0 Å². The molecular formula is C22H46. The molecule has 22 heavy (non-hydrogen) atoms. The first-order valence-corrected chi connectivity index (χ1v) is 10.8. The van der Waals surface area contributed by atoms with Gasteiger partial charge in [0.15, 0.2) is 0 Å². The van der Waals surface area contributed by atoms with Gasteiger partial charge in [0.05, 0.1) is 0 Å². The van der Waals surface area contributed by atoms with Crippen molar-refractivity contribution in [2.45, 2.75) is 130 Å². The summed E-state index contributed by atoms with van der Waals surface area (Å²) in [6, 6.07) is 0. The van der Waals surface area contributed by atoms with Crippen molar-refractivity contribution in [2.24, 2.45) is 11.8 Å². The van der Waals surface area contributed by atoms with Gasteiger partial charge in [0, 0.05) is 0 Å². The monoisotopic (exact) mass is 310 g/mol. The van der Waals surface area contributed by atoms with Crippen LogP contribution >= 0.6 is 0 Å². The molecular weight excluding hydrogens is 264 g/mol. The quantitative estimate of drug-likeness (QED) is 0.236. The SMILES string of the molecule is CCCCCCCCC(CC)CC(CCCC)CCCCC. The van der Waals surface area contributed by atoms with Crippen LogP contribution < -0.4 is 0 Å². The smallest absolute Gasteiger partial charge is 0.0412 e. The average Bonchev–Trinajstić information content (AvgIpc) is 2.54. The van der Waals surface area contributed by atoms with Gasteiger partial charge in [-0.25, -0.2) is 0 Å². The lowest BCUT2D eigenvalue weighted by molar-refractivity contribution is 0.296. The number of hydrogen-bond acceptors (Lipinski definition) is 0. The van der Waals surface area contributed by atoms with Gasteiger partial charge in [-0.1, -0.05) is 124 Å². The summed E-state index contributed by atoms with van der Waals surface area (Å²) >= 11 is 0. The first-order chi connectivity index (χ1) is 10.8. The third kappa shape index (κ3) is 13.6. The van der Waals surface area contributed by atoms with Crippen LogP contribution in [0.25, 0.3) is 0 Å². The highest BCUT2D eigenvalue weighted by molar-refractivity contribution is 4.67. The van der Waals surface area contributed by atoms with Crippen LogP contribution in [0.1, 0.15) is 130 Å². The molecule has 0 aliphatic heterocycles. The normalized spacial score (nSPS) is 14.2. The Morgan fingerprint density at radius 3 is 1.55 bits per heavy atom. The van der Waals surface area contributed by atoms with Gasteiger partial charge in [0.25, 0.3) is 0 Å². The predicted octanol–water partition coefficient (Wildman–Crippen LogP) is 8.54. The molecule has 0 bridgehead atoms. The molecule has 0 saturated carbocycles. The second kappa shape index (κ2) is 17.4. The van der Waals surface area contributed by atoms with Gasteiger partial charge in [-0.2, -0.15) is 0 Å². The lowest BCUT2D eigenvalue weighted by Gasteiger charge is -2.23. The van der Waals surface area contributed by atoms with Crippen LogP contribution in [-0.2, 0) is 0 Å². The molecule has 0 aromatic rings. The van der Waals surface area contributed by atoms with E-state index in [9.17, 15) is 0 Å². The fourth-order valence-electron chi connectivity index (χ4n) is 3.73. The highest BCUT2D eigenvalue weighted by Crippen LogP contribution is 2.29. The maximum absolute atomic E-state index is 2.42. The molecule has 0 fully saturated rings. The summed E-state index contributed by atoms with van der Waals surface area (Å²) in [7, 11) is 0. The van der Waals surface area contributed by atoms with Crippen molar-refractivity contribution < 1.29 is 0 Å². The largest absolute Gasteiger partial charge is 0.0654 e. The Hall–Kier alpha value is 0. The minimum atomic E-state index is 1.01. The van der Waals surface area contributed by atoms with Gasteiger partial charge < -0.3 is 0 Å². The standard InChI is InChI=1S/C22H46/c1-5-9-12-13-14-16-18-21(8-4)20-22(17-11-7-3)19-15-10-6-2/h21-22H,5-20H2,1-4H3. The molecule has 0 N–H and O–H groups in total. The summed E-state index contributed by atoms with van der Waals surface area (Å²) in [5.41, 5.74) is 0. The third-order valence-electron chi connectivity index (χ3n) is 5.39. The maximum Gasteiger partial charge on any atom is -0.0412 e. The van der Waals surface area contributed by atoms with E-state index in [2.05, 4.69) is 27.7 Å². The lowest BCUT2D eigenvalue weighted by atomic mass is 9.83. The van der Waals surface area contributed by atoms with Crippen molar-refractivity contribution in [2.75, 3.05) is 0 Å². The second-order valence-electron chi connectivity index (χ2n) is 7.57. The predicted molar refractivity (Wildman–Crippen MR) is 104 cm³/mol. The summed E-state index contributed by atoms with van der Waals surface area (Å²) in [4.78, 5) is 0. The van der Waals surface area contributed by atoms with Gasteiger partial charge in [0.2, 0.25) is 0 Å². The van der Waals surface area contributed by atoms with Crippen LogP contribution in [0.5, 0.6) is 0 Å². The highest BCUT2D eigenvalue weighted by Gasteiger charge is 2.14. The fourth-order valence-corrected chi connectivity index (χ4v) is 3.73. The van der Waals surface area contributed by atoms with Gasteiger partial charge in [0.1, 0.15) is 0 Å². The third-order valence-corrected chi connectivity index (χ3v) is 5.39. The van der Waals surface area contributed by atoms with Crippen molar-refractivity contribution >= 4 is 0 Å². The molecule has 0 nitrogen and oxygen atoms in total. The molecule has 0 heteroatoms. The van der Waals surface area contributed by atoms with Crippen molar-refractivity contribution in [3.05, 3.63) is 0 Å². The Balaban J connectivity index is 3.92. The summed E-state index contributed by atoms with van der Waals surface area (Å²) in [5, 5.41) is 0. The topological polar surface area (TPSA) is 0 Å². The molecule has 0 aliphatic rings. The lowest BCUT2D eigenvalue weighted by Crippen LogP contribution is -2.09. The van der Waals surface area contributed by atoms with Gasteiger partial charge >= 0.3 is 0 Å². The minimum Gasteiger partial charge on any atom is -0.0654 e. The minimum absolute atomic E-state index is 1.01. The van der Waals surface area contributed by atoms with Gasteiger partial charge in [-0.05, 0) is 18.3 Å². The van der Waals surface area contributed by atoms with E-state index in [0.717, 1.165) is 11.8 Å². The molecule has 0 amide bonds. The van der Waals surface area contributed by atoms with E-state index in [1.165, 1.54) is 103 Å². The Bertz CT molecular complexity index is 196. The van der Waals surface area contributed by atoms with Gasteiger partial charge in [-0.3, -0.25) is 0 Å². The molecule has 0 radical (unpaired) electrons. The van der Waals surface area contributed by atoms with E-state index >= 15 is 0 Å². The second-order valence-corrected chi connectivity index (χ2v) is 7.57. The molecule has 134 valence electrons. The number of unbranched alkanes of at least 4 members (excludes halogenated alkanes) is 8. The zero-order valence-electron chi connectivity index (χ0n) is 16.5. The van der Waals surface area contributed by atoms with E-state index in [-0.39, 0.29) is 0 Å². The summed E-state index contributed by atoms with van der Waals surface area (Å²) < 4.78 is 0. The Morgan fingerprint density at radius 2 is 0.909 bits per heavy atom. The van der Waals surface area contributed by atoms with E-state index in [1.807, 2.05) is 0 Å². The molecule has 0 saturated heterocycles. The van der Waals surface area contributed by atoms with E-state index in [4.69, 9.17) is 0 Å². The first kappa shape index (κ1) is 22.0. The van der Waals surface area contributed by atoms with Crippen molar-refractivity contribution in [3.63, 3.8) is 0 Å². The first-order valence-electron chi connectivity index (χ1n) is 10.8. The molecule has 0 rings (SSSR count). The van der Waals surface area contributed by atoms with Crippen LogP contribution in [0.3, 0.4) is 0 Å². The number of hydrogen-bond donors (Lipinski definition) is 0. The van der Waals surface area contributed by atoms with Crippen LogP contribution in [0.15, 0.2) is 0 Å². The molecule has 2 atom stereocenters. The average molecular weight is 311 g/mol. The summed E-state index contributed by atoms with van der Waals surface area (Å²) in [6.45, 7) is 9.40. The van der Waals surface area contributed by atoms with Crippen LogP contribution in [0.2, 0.25) is 0 Å². The number of rotatable bonds is 17. The fraction of sp³-hybridized carbons (Fsp3) is 1.00. The van der Waals surface area contributed by atoms with Crippen molar-refractivity contribution in [3.8, 4) is 0 Å².